The smallest absolute Gasteiger partial charge is 0.269 e. The van der Waals surface area contributed by atoms with Crippen LogP contribution in [0, 0.1) is 16.0 Å². The number of halogens is 1. The van der Waals surface area contributed by atoms with Crippen molar-refractivity contribution >= 4 is 35.0 Å². The lowest BCUT2D eigenvalue weighted by atomic mass is 10.1. The van der Waals surface area contributed by atoms with E-state index >= 15 is 0 Å². The molecule has 3 rings (SSSR count). The Labute approximate surface area is 186 Å². The van der Waals surface area contributed by atoms with E-state index in [1.165, 1.54) is 12.1 Å². The fraction of sp³-hybridized carbons (Fsp3) is 0.409. The van der Waals surface area contributed by atoms with Crippen molar-refractivity contribution in [2.75, 3.05) is 25.4 Å². The number of carbonyl (C=O) groups is 1. The third-order valence-electron chi connectivity index (χ3n) is 4.92. The SMILES string of the molecule is CC(C)CN(CC(=O)N1CCS[C@H]1c1ccccc1Cl)Cc1ccc([N+](=O)[O-])cc1. The molecule has 0 spiro atoms. The van der Waals surface area contributed by atoms with Gasteiger partial charge in [-0.1, -0.05) is 55.8 Å². The number of nitro groups is 1. The summed E-state index contributed by atoms with van der Waals surface area (Å²) in [4.78, 5) is 27.7. The summed E-state index contributed by atoms with van der Waals surface area (Å²) in [6, 6.07) is 14.2. The van der Waals surface area contributed by atoms with Crippen LogP contribution in [-0.4, -0.2) is 46.0 Å². The molecule has 2 aromatic carbocycles. The van der Waals surface area contributed by atoms with Gasteiger partial charge in [0.25, 0.3) is 5.69 Å². The monoisotopic (exact) mass is 447 g/mol. The molecule has 0 saturated carbocycles. The number of hydrogen-bond donors (Lipinski definition) is 0. The van der Waals surface area contributed by atoms with Gasteiger partial charge in [-0.3, -0.25) is 19.8 Å². The van der Waals surface area contributed by atoms with Crippen molar-refractivity contribution in [3.63, 3.8) is 0 Å². The van der Waals surface area contributed by atoms with E-state index in [9.17, 15) is 14.9 Å². The Balaban J connectivity index is 1.71. The molecule has 1 atom stereocenters. The second-order valence-corrected chi connectivity index (χ2v) is 9.41. The van der Waals surface area contributed by atoms with Crippen molar-refractivity contribution in [2.24, 2.45) is 5.92 Å². The first kappa shape index (κ1) is 22.6. The predicted molar refractivity (Wildman–Crippen MR) is 122 cm³/mol. The Morgan fingerprint density at radius 3 is 2.60 bits per heavy atom. The number of hydrogen-bond acceptors (Lipinski definition) is 5. The molecule has 0 unspecified atom stereocenters. The van der Waals surface area contributed by atoms with Crippen LogP contribution < -0.4 is 0 Å². The van der Waals surface area contributed by atoms with E-state index in [2.05, 4.69) is 18.7 Å². The quantitative estimate of drug-likeness (QED) is 0.421. The highest BCUT2D eigenvalue weighted by molar-refractivity contribution is 7.99. The number of non-ortho nitro benzene ring substituents is 1. The lowest BCUT2D eigenvalue weighted by Crippen LogP contribution is -2.41. The second kappa shape index (κ2) is 10.3. The van der Waals surface area contributed by atoms with Gasteiger partial charge in [0.15, 0.2) is 0 Å². The molecular formula is C22H26ClN3O3S. The zero-order valence-electron chi connectivity index (χ0n) is 17.2. The summed E-state index contributed by atoms with van der Waals surface area (Å²) in [5.74, 6) is 1.35. The highest BCUT2D eigenvalue weighted by Crippen LogP contribution is 2.40. The molecule has 2 aromatic rings. The number of thioether (sulfide) groups is 1. The molecule has 0 aromatic heterocycles. The van der Waals surface area contributed by atoms with Crippen LogP contribution >= 0.6 is 23.4 Å². The summed E-state index contributed by atoms with van der Waals surface area (Å²) < 4.78 is 0. The van der Waals surface area contributed by atoms with Gasteiger partial charge in [0.1, 0.15) is 5.37 Å². The minimum Gasteiger partial charge on any atom is -0.325 e. The number of amides is 1. The lowest BCUT2D eigenvalue weighted by molar-refractivity contribution is -0.384. The van der Waals surface area contributed by atoms with Gasteiger partial charge in [-0.05, 0) is 17.5 Å². The number of rotatable bonds is 8. The van der Waals surface area contributed by atoms with Gasteiger partial charge >= 0.3 is 0 Å². The van der Waals surface area contributed by atoms with Gasteiger partial charge in [0, 0.05) is 48.1 Å². The summed E-state index contributed by atoms with van der Waals surface area (Å²) in [5, 5.41) is 11.5. The molecule has 1 heterocycles. The number of carbonyl (C=O) groups excluding carboxylic acids is 1. The van der Waals surface area contributed by atoms with Crippen LogP contribution in [-0.2, 0) is 11.3 Å². The van der Waals surface area contributed by atoms with Crippen LogP contribution in [0.3, 0.4) is 0 Å². The molecular weight excluding hydrogens is 422 g/mol. The highest BCUT2D eigenvalue weighted by Gasteiger charge is 2.32. The maximum absolute atomic E-state index is 13.2. The Kier molecular flexibility index (Phi) is 7.75. The first-order valence-electron chi connectivity index (χ1n) is 9.96. The Morgan fingerprint density at radius 1 is 1.27 bits per heavy atom. The maximum atomic E-state index is 13.2. The van der Waals surface area contributed by atoms with E-state index in [1.807, 2.05) is 29.2 Å². The van der Waals surface area contributed by atoms with Crippen LogP contribution in [0.25, 0.3) is 0 Å². The van der Waals surface area contributed by atoms with Crippen molar-refractivity contribution in [1.29, 1.82) is 0 Å². The third-order valence-corrected chi connectivity index (χ3v) is 6.50. The predicted octanol–water partition coefficient (Wildman–Crippen LogP) is 4.98. The molecule has 8 heteroatoms. The highest BCUT2D eigenvalue weighted by atomic mass is 35.5. The lowest BCUT2D eigenvalue weighted by Gasteiger charge is -2.29. The summed E-state index contributed by atoms with van der Waals surface area (Å²) in [5.41, 5.74) is 2.00. The fourth-order valence-corrected chi connectivity index (χ4v) is 5.24. The molecule has 0 N–H and O–H groups in total. The molecule has 1 fully saturated rings. The van der Waals surface area contributed by atoms with Crippen LogP contribution in [0.1, 0.15) is 30.3 Å². The van der Waals surface area contributed by atoms with Crippen molar-refractivity contribution < 1.29 is 9.72 Å². The zero-order chi connectivity index (χ0) is 21.7. The van der Waals surface area contributed by atoms with Gasteiger partial charge in [0.2, 0.25) is 5.91 Å². The Hall–Kier alpha value is -2.09. The van der Waals surface area contributed by atoms with E-state index in [0.717, 1.165) is 23.4 Å². The first-order valence-corrected chi connectivity index (χ1v) is 11.4. The van der Waals surface area contributed by atoms with Crippen LogP contribution in [0.4, 0.5) is 5.69 Å². The fourth-order valence-electron chi connectivity index (χ4n) is 3.62. The Morgan fingerprint density at radius 2 is 1.97 bits per heavy atom. The van der Waals surface area contributed by atoms with Gasteiger partial charge in [-0.15, -0.1) is 11.8 Å². The average molecular weight is 448 g/mol. The van der Waals surface area contributed by atoms with E-state index in [1.54, 1.807) is 23.9 Å². The first-order chi connectivity index (χ1) is 14.3. The summed E-state index contributed by atoms with van der Waals surface area (Å²) in [6.45, 7) is 6.57. The number of benzene rings is 2. The molecule has 30 heavy (non-hydrogen) atoms. The summed E-state index contributed by atoms with van der Waals surface area (Å²) in [6.07, 6.45) is 0. The standard InChI is InChI=1S/C22H26ClN3O3S/c1-16(2)13-24(14-17-7-9-18(10-8-17)26(28)29)15-21(27)25-11-12-30-22(25)19-5-3-4-6-20(19)23/h3-10,16,22H,11-15H2,1-2H3/t22-/m0/s1. The third kappa shape index (κ3) is 5.74. The maximum Gasteiger partial charge on any atom is 0.269 e. The van der Waals surface area contributed by atoms with Gasteiger partial charge in [0.05, 0.1) is 11.5 Å². The summed E-state index contributed by atoms with van der Waals surface area (Å²) in [7, 11) is 0. The number of nitrogens with zero attached hydrogens (tertiary/aromatic N) is 3. The molecule has 1 aliphatic heterocycles. The Bertz CT molecular complexity index is 891. The van der Waals surface area contributed by atoms with E-state index < -0.39 is 4.92 Å². The van der Waals surface area contributed by atoms with Gasteiger partial charge in [-0.2, -0.15) is 0 Å². The van der Waals surface area contributed by atoms with Crippen LogP contribution in [0.15, 0.2) is 48.5 Å². The normalized spacial score (nSPS) is 16.4. The minimum absolute atomic E-state index is 0.0634. The molecule has 1 aliphatic rings. The number of nitro benzene ring substituents is 1. The minimum atomic E-state index is -0.404. The van der Waals surface area contributed by atoms with Crippen molar-refractivity contribution in [2.45, 2.75) is 25.8 Å². The van der Waals surface area contributed by atoms with Crippen LogP contribution in [0.2, 0.25) is 5.02 Å². The van der Waals surface area contributed by atoms with Crippen molar-refractivity contribution in [3.8, 4) is 0 Å². The van der Waals surface area contributed by atoms with Crippen molar-refractivity contribution in [3.05, 3.63) is 74.8 Å². The zero-order valence-corrected chi connectivity index (χ0v) is 18.7. The average Bonchev–Trinajstić information content (AvgIpc) is 3.18. The van der Waals surface area contributed by atoms with Gasteiger partial charge in [-0.25, -0.2) is 0 Å². The molecule has 0 bridgehead atoms. The van der Waals surface area contributed by atoms with Gasteiger partial charge < -0.3 is 4.90 Å². The molecule has 0 radical (unpaired) electrons. The molecule has 6 nitrogen and oxygen atoms in total. The molecule has 1 amide bonds. The molecule has 160 valence electrons. The van der Waals surface area contributed by atoms with Crippen molar-refractivity contribution in [1.82, 2.24) is 9.80 Å². The summed E-state index contributed by atoms with van der Waals surface area (Å²) >= 11 is 8.12. The van der Waals surface area contributed by atoms with E-state index in [0.29, 0.717) is 30.6 Å². The van der Waals surface area contributed by atoms with E-state index in [4.69, 9.17) is 11.6 Å². The molecule has 0 aliphatic carbocycles. The second-order valence-electron chi connectivity index (χ2n) is 7.82. The van der Waals surface area contributed by atoms with Crippen LogP contribution in [0.5, 0.6) is 0 Å². The van der Waals surface area contributed by atoms with E-state index in [-0.39, 0.29) is 17.0 Å². The topological polar surface area (TPSA) is 66.7 Å². The molecule has 1 saturated heterocycles. The largest absolute Gasteiger partial charge is 0.325 e.